The molecule has 8 heteroatoms. The molecule has 0 bridgehead atoms. The molecule has 0 heterocycles. The highest BCUT2D eigenvalue weighted by Gasteiger charge is 2.26. The number of sulfone groups is 1. The van der Waals surface area contributed by atoms with Crippen molar-refractivity contribution in [2.45, 2.75) is 30.8 Å². The number of benzene rings is 2. The fourth-order valence-corrected chi connectivity index (χ4v) is 3.81. The third-order valence-electron chi connectivity index (χ3n) is 4.89. The van der Waals surface area contributed by atoms with E-state index in [1.165, 1.54) is 17.1 Å². The molecule has 0 saturated carbocycles. The van der Waals surface area contributed by atoms with Crippen LogP contribution >= 0.6 is 9.24 Å². The first kappa shape index (κ1) is 25.9. The number of alkyl halides is 2. The third kappa shape index (κ3) is 7.95. The Morgan fingerprint density at radius 1 is 1.16 bits per heavy atom. The lowest BCUT2D eigenvalue weighted by Gasteiger charge is -2.25. The van der Waals surface area contributed by atoms with E-state index in [0.717, 1.165) is 17.4 Å². The van der Waals surface area contributed by atoms with Crippen molar-refractivity contribution in [3.05, 3.63) is 89.5 Å². The Morgan fingerprint density at radius 3 is 2.25 bits per heavy atom. The average molecular weight is 479 g/mol. The van der Waals surface area contributed by atoms with Gasteiger partial charge in [-0.25, -0.2) is 17.2 Å². The monoisotopic (exact) mass is 478 g/mol. The summed E-state index contributed by atoms with van der Waals surface area (Å²) in [5.41, 5.74) is 0.432. The molecule has 172 valence electrons. The van der Waals surface area contributed by atoms with Gasteiger partial charge >= 0.3 is 0 Å². The first-order chi connectivity index (χ1) is 14.9. The van der Waals surface area contributed by atoms with Gasteiger partial charge in [0.05, 0.1) is 10.6 Å². The molecule has 0 aliphatic heterocycles. The molecule has 0 saturated heterocycles. The third-order valence-corrected chi connectivity index (χ3v) is 6.20. The number of allylic oxidation sites excluding steroid dienone is 3. The summed E-state index contributed by atoms with van der Waals surface area (Å²) in [6.07, 6.45) is 3.54. The van der Waals surface area contributed by atoms with Crippen LogP contribution in [0.25, 0.3) is 0 Å². The van der Waals surface area contributed by atoms with Crippen molar-refractivity contribution >= 4 is 24.8 Å². The number of nitrogens with zero attached hydrogens (tertiary/aromatic N) is 2. The summed E-state index contributed by atoms with van der Waals surface area (Å²) in [6.45, 7) is 7.52. The first-order valence-corrected chi connectivity index (χ1v) is 12.5. The van der Waals surface area contributed by atoms with Gasteiger partial charge in [0.25, 0.3) is 5.66 Å². The summed E-state index contributed by atoms with van der Waals surface area (Å²) in [7, 11) is -1.80. The Bertz CT molecular complexity index is 1090. The molecule has 0 radical (unpaired) electrons. The Morgan fingerprint density at radius 2 is 1.75 bits per heavy atom. The average Bonchev–Trinajstić information content (AvgIpc) is 2.73. The van der Waals surface area contributed by atoms with E-state index in [1.54, 1.807) is 21.4 Å². The Kier molecular flexibility index (Phi) is 8.88. The molecule has 2 aromatic rings. The molecular formula is C24H29F2N2O2PS. The molecule has 1 atom stereocenters. The van der Waals surface area contributed by atoms with E-state index in [9.17, 15) is 17.2 Å². The highest BCUT2D eigenvalue weighted by Crippen LogP contribution is 2.25. The zero-order chi connectivity index (χ0) is 23.9. The molecule has 0 aliphatic carbocycles. The summed E-state index contributed by atoms with van der Waals surface area (Å²) >= 11 is 0. The Balaban J connectivity index is 2.48. The van der Waals surface area contributed by atoms with E-state index in [0.29, 0.717) is 23.3 Å². The molecular weight excluding hydrogens is 449 g/mol. The smallest absolute Gasteiger partial charge is 0.277 e. The van der Waals surface area contributed by atoms with Crippen molar-refractivity contribution in [1.82, 2.24) is 5.01 Å². The second-order valence-corrected chi connectivity index (χ2v) is 10.4. The number of hydrogen-bond acceptors (Lipinski definition) is 4. The van der Waals surface area contributed by atoms with E-state index in [4.69, 9.17) is 0 Å². The van der Waals surface area contributed by atoms with Crippen LogP contribution in [-0.2, 0) is 16.3 Å². The lowest BCUT2D eigenvalue weighted by molar-refractivity contribution is 0.0554. The number of hydrazone groups is 1. The van der Waals surface area contributed by atoms with Gasteiger partial charge in [-0.15, -0.1) is 0 Å². The van der Waals surface area contributed by atoms with Gasteiger partial charge in [0.2, 0.25) is 0 Å². The zero-order valence-electron chi connectivity index (χ0n) is 18.6. The van der Waals surface area contributed by atoms with E-state index in [-0.39, 0.29) is 11.4 Å². The molecule has 0 spiro atoms. The van der Waals surface area contributed by atoms with Gasteiger partial charge in [-0.05, 0) is 49.1 Å². The maximum atomic E-state index is 13.9. The quantitative estimate of drug-likeness (QED) is 0.201. The summed E-state index contributed by atoms with van der Waals surface area (Å²) in [4.78, 5) is 0.173. The minimum atomic E-state index is -3.36. The lowest BCUT2D eigenvalue weighted by Crippen LogP contribution is -2.32. The molecule has 0 aliphatic rings. The topological polar surface area (TPSA) is 49.7 Å². The van der Waals surface area contributed by atoms with E-state index < -0.39 is 22.0 Å². The first-order valence-electron chi connectivity index (χ1n) is 10.1. The summed E-state index contributed by atoms with van der Waals surface area (Å²) < 4.78 is 51.4. The molecule has 2 rings (SSSR count). The predicted molar refractivity (Wildman–Crippen MR) is 131 cm³/mol. The highest BCUT2D eigenvalue weighted by atomic mass is 32.2. The van der Waals surface area contributed by atoms with Gasteiger partial charge < -0.3 is 0 Å². The van der Waals surface area contributed by atoms with Crippen molar-refractivity contribution < 1.29 is 17.2 Å². The molecule has 2 aromatic carbocycles. The van der Waals surface area contributed by atoms with Crippen molar-refractivity contribution in [1.29, 1.82) is 0 Å². The minimum absolute atomic E-state index is 0.173. The van der Waals surface area contributed by atoms with Gasteiger partial charge in [-0.2, -0.15) is 5.10 Å². The van der Waals surface area contributed by atoms with Gasteiger partial charge in [0.1, 0.15) is 6.54 Å². The van der Waals surface area contributed by atoms with Crippen LogP contribution in [0.3, 0.4) is 0 Å². The molecule has 0 N–H and O–H groups in total. The van der Waals surface area contributed by atoms with Crippen LogP contribution in [0.4, 0.5) is 8.78 Å². The van der Waals surface area contributed by atoms with Crippen LogP contribution in [0, 0.1) is 0 Å². The fraction of sp³-hybridized carbons (Fsp3) is 0.292. The number of rotatable bonds is 10. The predicted octanol–water partition coefficient (Wildman–Crippen LogP) is 5.33. The Labute approximate surface area is 191 Å². The Hall–Kier alpha value is -2.37. The second-order valence-electron chi connectivity index (χ2n) is 7.58. The van der Waals surface area contributed by atoms with Gasteiger partial charge in [-0.3, -0.25) is 5.01 Å². The maximum Gasteiger partial charge on any atom is 0.277 e. The van der Waals surface area contributed by atoms with Crippen LogP contribution in [0.15, 0.2) is 88.4 Å². The van der Waals surface area contributed by atoms with Crippen LogP contribution in [0.5, 0.6) is 0 Å². The van der Waals surface area contributed by atoms with E-state index in [2.05, 4.69) is 11.7 Å². The van der Waals surface area contributed by atoms with E-state index >= 15 is 0 Å². The highest BCUT2D eigenvalue weighted by molar-refractivity contribution is 7.90. The molecule has 0 amide bonds. The lowest BCUT2D eigenvalue weighted by atomic mass is 9.98. The maximum absolute atomic E-state index is 13.9. The largest absolute Gasteiger partial charge is 0.290 e. The fourth-order valence-electron chi connectivity index (χ4n) is 2.97. The molecule has 32 heavy (non-hydrogen) atoms. The minimum Gasteiger partial charge on any atom is -0.290 e. The van der Waals surface area contributed by atoms with Gasteiger partial charge in [0.15, 0.2) is 9.84 Å². The number of halogens is 2. The summed E-state index contributed by atoms with van der Waals surface area (Å²) in [5, 5.41) is 5.92. The zero-order valence-corrected chi connectivity index (χ0v) is 20.5. The summed E-state index contributed by atoms with van der Waals surface area (Å²) in [6, 6.07) is 15.8. The van der Waals surface area contributed by atoms with Crippen LogP contribution in [-0.4, -0.2) is 44.1 Å². The van der Waals surface area contributed by atoms with Gasteiger partial charge in [-0.1, -0.05) is 64.4 Å². The second kappa shape index (κ2) is 11.0. The standard InChI is InChI=1S/C24H29F2N2O2PS/c1-5-18(2)19(3)23(21-11-13-22(14-12-21)32(4,29)30)27-28(17-24(25,26)31)16-15-20-9-7-6-8-10-20/h5-14H,3,15-17,31H2,1-2,4H3/b18-5+,27-23+. The van der Waals surface area contributed by atoms with Crippen molar-refractivity contribution in [3.63, 3.8) is 0 Å². The van der Waals surface area contributed by atoms with Crippen molar-refractivity contribution in [2.75, 3.05) is 19.3 Å². The summed E-state index contributed by atoms with van der Waals surface area (Å²) in [5.74, 6) is 0. The molecule has 0 fully saturated rings. The number of hydrogen-bond donors (Lipinski definition) is 0. The van der Waals surface area contributed by atoms with Gasteiger partial charge in [0, 0.05) is 18.4 Å². The van der Waals surface area contributed by atoms with Crippen LogP contribution < -0.4 is 0 Å². The molecule has 1 unspecified atom stereocenters. The van der Waals surface area contributed by atoms with Crippen LogP contribution in [0.1, 0.15) is 25.0 Å². The molecule has 0 aromatic heterocycles. The SMILES string of the molecule is C=C(/C(=N\N(CCc1ccccc1)CC(F)(F)P)c1ccc(S(C)(=O)=O)cc1)/C(C)=C/C. The normalized spacial score (nSPS) is 13.2. The molecule has 4 nitrogen and oxygen atoms in total. The van der Waals surface area contributed by atoms with Crippen molar-refractivity contribution in [3.8, 4) is 0 Å². The van der Waals surface area contributed by atoms with Crippen molar-refractivity contribution in [2.24, 2.45) is 5.10 Å². The van der Waals surface area contributed by atoms with E-state index in [1.807, 2.05) is 50.3 Å². The van der Waals surface area contributed by atoms with Crippen LogP contribution in [0.2, 0.25) is 0 Å².